The second-order valence-corrected chi connectivity index (χ2v) is 8.69. The number of quaternary nitrogens is 1. The second kappa shape index (κ2) is 5.56. The maximum atomic E-state index is 12.2. The first-order valence-electron chi connectivity index (χ1n) is 10.3. The van der Waals surface area contributed by atoms with Crippen molar-refractivity contribution in [1.29, 1.82) is 0 Å². The average molecular weight is 349 g/mol. The fourth-order valence-electron chi connectivity index (χ4n) is 6.70. The van der Waals surface area contributed by atoms with Crippen molar-refractivity contribution in [3.05, 3.63) is 52.7 Å². The summed E-state index contributed by atoms with van der Waals surface area (Å²) in [5.41, 5.74) is 6.47. The number of nitrogens with zero attached hydrogens (tertiary/aromatic N) is 1. The summed E-state index contributed by atoms with van der Waals surface area (Å²) < 4.78 is 1.23. The number of allylic oxidation sites excluding steroid dienone is 2. The Bertz CT molecular complexity index is 838. The molecule has 4 atom stereocenters. The summed E-state index contributed by atoms with van der Waals surface area (Å²) >= 11 is 0. The fourth-order valence-corrected chi connectivity index (χ4v) is 6.70. The molecular weight excluding hydrogens is 320 g/mol. The molecule has 2 saturated heterocycles. The SMILES string of the molecule is CC=C1C[N+]2(CCCC)CCC34C(=C(C=O)[C@H]1C[C@@H]32)Nc1ccccc14. The minimum Gasteiger partial charge on any atom is -0.357 e. The van der Waals surface area contributed by atoms with Crippen LogP contribution in [0.25, 0.3) is 0 Å². The predicted octanol–water partition coefficient (Wildman–Crippen LogP) is 4.17. The van der Waals surface area contributed by atoms with Crippen molar-refractivity contribution in [3.8, 4) is 0 Å². The van der Waals surface area contributed by atoms with Crippen LogP contribution < -0.4 is 5.32 Å². The number of hydrogen-bond donors (Lipinski definition) is 1. The molecule has 2 fully saturated rings. The second-order valence-electron chi connectivity index (χ2n) is 8.69. The predicted molar refractivity (Wildman–Crippen MR) is 105 cm³/mol. The van der Waals surface area contributed by atoms with Crippen LogP contribution >= 0.6 is 0 Å². The van der Waals surface area contributed by atoms with Gasteiger partial charge in [0.1, 0.15) is 18.9 Å². The summed E-state index contributed by atoms with van der Waals surface area (Å²) in [6.45, 7) is 8.12. The van der Waals surface area contributed by atoms with Crippen LogP contribution in [0.3, 0.4) is 0 Å². The van der Waals surface area contributed by atoms with Crippen LogP contribution in [0.1, 0.15) is 45.1 Å². The van der Waals surface area contributed by atoms with Gasteiger partial charge in [-0.05, 0) is 30.5 Å². The Morgan fingerprint density at radius 2 is 2.19 bits per heavy atom. The zero-order valence-electron chi connectivity index (χ0n) is 15.9. The molecule has 0 aromatic heterocycles. The number of hydrogen-bond acceptors (Lipinski definition) is 2. The van der Waals surface area contributed by atoms with Gasteiger partial charge in [-0.15, -0.1) is 0 Å². The number of carbonyl (C=O) groups excluding carboxylic acids is 1. The zero-order valence-corrected chi connectivity index (χ0v) is 15.9. The van der Waals surface area contributed by atoms with Crippen LogP contribution in [-0.2, 0) is 10.2 Å². The van der Waals surface area contributed by atoms with Gasteiger partial charge in [-0.1, -0.05) is 37.6 Å². The first-order chi connectivity index (χ1) is 12.7. The van der Waals surface area contributed by atoms with Crippen molar-refractivity contribution in [2.24, 2.45) is 5.92 Å². The number of para-hydroxylation sites is 1. The molecule has 2 unspecified atom stereocenters. The lowest BCUT2D eigenvalue weighted by Crippen LogP contribution is -2.63. The summed E-state index contributed by atoms with van der Waals surface area (Å²) in [4.78, 5) is 12.2. The number of nitrogens with one attached hydrogen (secondary N) is 1. The van der Waals surface area contributed by atoms with E-state index < -0.39 is 0 Å². The minimum absolute atomic E-state index is 0.0380. The normalized spacial score (nSPS) is 38.2. The highest BCUT2D eigenvalue weighted by Gasteiger charge is 2.68. The van der Waals surface area contributed by atoms with Gasteiger partial charge >= 0.3 is 0 Å². The van der Waals surface area contributed by atoms with Crippen LogP contribution in [0.4, 0.5) is 5.69 Å². The highest BCUT2D eigenvalue weighted by molar-refractivity contribution is 5.84. The number of rotatable bonds is 4. The zero-order chi connectivity index (χ0) is 17.9. The molecule has 3 heterocycles. The standard InChI is InChI=1S/C23H28N2O/c1-3-5-11-25-12-10-23-19-8-6-7-9-20(19)24-22(23)18(15-26)17(13-21(23)25)16(4-2)14-25/h4,6-9,15,17,21H,3,5,10-14H2,1-2H3/p+1/t17-,21-,23?,25?/m0/s1. The van der Waals surface area contributed by atoms with E-state index in [0.717, 1.165) is 24.8 Å². The van der Waals surface area contributed by atoms with Crippen LogP contribution in [0.2, 0.25) is 0 Å². The average Bonchev–Trinajstić information content (AvgIpc) is 3.20. The summed E-state index contributed by atoms with van der Waals surface area (Å²) in [6.07, 6.45) is 8.31. The third-order valence-electron chi connectivity index (χ3n) is 7.82. The minimum atomic E-state index is 0.0380. The molecule has 0 radical (unpaired) electrons. The lowest BCUT2D eigenvalue weighted by atomic mass is 9.61. The van der Waals surface area contributed by atoms with Gasteiger partial charge in [0.25, 0.3) is 0 Å². The first-order valence-corrected chi connectivity index (χ1v) is 10.3. The molecule has 3 aliphatic heterocycles. The molecule has 2 bridgehead atoms. The topological polar surface area (TPSA) is 29.1 Å². The third kappa shape index (κ3) is 1.80. The van der Waals surface area contributed by atoms with E-state index in [4.69, 9.17) is 0 Å². The first kappa shape index (κ1) is 16.3. The van der Waals surface area contributed by atoms with Crippen molar-refractivity contribution >= 4 is 12.0 Å². The van der Waals surface area contributed by atoms with E-state index in [2.05, 4.69) is 49.5 Å². The molecule has 4 aliphatic rings. The van der Waals surface area contributed by atoms with Gasteiger partial charge in [0.05, 0.1) is 18.5 Å². The van der Waals surface area contributed by atoms with Gasteiger partial charge in [-0.25, -0.2) is 0 Å². The molecule has 3 heteroatoms. The maximum absolute atomic E-state index is 12.2. The van der Waals surface area contributed by atoms with Gasteiger partial charge in [-0.2, -0.15) is 0 Å². The molecule has 3 nitrogen and oxygen atoms in total. The van der Waals surface area contributed by atoms with Crippen LogP contribution in [0.15, 0.2) is 47.2 Å². The van der Waals surface area contributed by atoms with Crippen molar-refractivity contribution in [2.75, 3.05) is 25.0 Å². The Morgan fingerprint density at radius 3 is 2.96 bits per heavy atom. The molecule has 1 aromatic carbocycles. The van der Waals surface area contributed by atoms with Gasteiger partial charge in [0.2, 0.25) is 0 Å². The molecule has 136 valence electrons. The highest BCUT2D eigenvalue weighted by atomic mass is 16.1. The van der Waals surface area contributed by atoms with Crippen molar-refractivity contribution in [3.63, 3.8) is 0 Å². The lowest BCUT2D eigenvalue weighted by Gasteiger charge is -2.53. The van der Waals surface area contributed by atoms with E-state index in [0.29, 0.717) is 12.0 Å². The summed E-state index contributed by atoms with van der Waals surface area (Å²) in [5.74, 6) is 0.318. The number of fused-ring (bicyclic) bond motifs is 2. The molecule has 0 amide bonds. The van der Waals surface area contributed by atoms with Crippen molar-refractivity contribution in [2.45, 2.75) is 51.0 Å². The van der Waals surface area contributed by atoms with E-state index in [1.54, 1.807) is 0 Å². The van der Waals surface area contributed by atoms with Crippen molar-refractivity contribution in [1.82, 2.24) is 0 Å². The van der Waals surface area contributed by atoms with Gasteiger partial charge < -0.3 is 9.80 Å². The van der Waals surface area contributed by atoms with E-state index in [9.17, 15) is 4.79 Å². The van der Waals surface area contributed by atoms with Crippen molar-refractivity contribution < 1.29 is 9.28 Å². The molecule has 26 heavy (non-hydrogen) atoms. The lowest BCUT2D eigenvalue weighted by molar-refractivity contribution is -0.941. The number of aldehydes is 1. The van der Waals surface area contributed by atoms with E-state index in [1.807, 2.05) is 0 Å². The number of carbonyl (C=O) groups is 1. The maximum Gasteiger partial charge on any atom is 0.148 e. The van der Waals surface area contributed by atoms with Crippen LogP contribution in [0.5, 0.6) is 0 Å². The molecule has 1 spiro atoms. The Kier molecular flexibility index (Phi) is 3.49. The molecule has 1 aromatic rings. The van der Waals surface area contributed by atoms with E-state index in [1.165, 1.54) is 59.4 Å². The largest absolute Gasteiger partial charge is 0.357 e. The number of benzene rings is 1. The van der Waals surface area contributed by atoms with Gasteiger partial charge in [0.15, 0.2) is 0 Å². The Balaban J connectivity index is 1.76. The summed E-state index contributed by atoms with van der Waals surface area (Å²) in [5, 5.41) is 3.71. The summed E-state index contributed by atoms with van der Waals surface area (Å²) in [6, 6.07) is 9.39. The molecular formula is C23H29N2O+. The third-order valence-corrected chi connectivity index (χ3v) is 7.82. The smallest absolute Gasteiger partial charge is 0.148 e. The Hall–Kier alpha value is -1.87. The highest BCUT2D eigenvalue weighted by Crippen LogP contribution is 2.63. The van der Waals surface area contributed by atoms with E-state index >= 15 is 0 Å². The van der Waals surface area contributed by atoms with Gasteiger partial charge in [0, 0.05) is 35.7 Å². The monoisotopic (exact) mass is 349 g/mol. The van der Waals surface area contributed by atoms with Crippen LogP contribution in [-0.4, -0.2) is 36.4 Å². The molecule has 0 saturated carbocycles. The Morgan fingerprint density at radius 1 is 1.35 bits per heavy atom. The summed E-state index contributed by atoms with van der Waals surface area (Å²) in [7, 11) is 0. The molecule has 1 N–H and O–H groups in total. The van der Waals surface area contributed by atoms with Crippen LogP contribution in [0, 0.1) is 5.92 Å². The number of anilines is 1. The molecule has 5 rings (SSSR count). The fraction of sp³-hybridized carbons (Fsp3) is 0.522. The number of piperidine rings is 1. The Labute approximate surface area is 156 Å². The number of unbranched alkanes of at least 4 members (excludes halogenated alkanes) is 1. The quantitative estimate of drug-likeness (QED) is 0.502. The van der Waals surface area contributed by atoms with Gasteiger partial charge in [-0.3, -0.25) is 4.79 Å². The van der Waals surface area contributed by atoms with E-state index in [-0.39, 0.29) is 5.41 Å². The molecule has 1 aliphatic carbocycles.